The van der Waals surface area contributed by atoms with Crippen molar-refractivity contribution in [2.75, 3.05) is 13.1 Å². The van der Waals surface area contributed by atoms with Crippen molar-refractivity contribution in [2.45, 2.75) is 38.3 Å². The molecule has 4 aromatic rings. The number of hydrogen-bond acceptors (Lipinski definition) is 3. The first-order valence-corrected chi connectivity index (χ1v) is 13.0. The predicted octanol–water partition coefficient (Wildman–Crippen LogP) is 6.39. The summed E-state index contributed by atoms with van der Waals surface area (Å²) in [6.07, 6.45) is 4.06. The number of nitrogens with one attached hydrogen (secondary N) is 1. The Labute approximate surface area is 212 Å². The second kappa shape index (κ2) is 9.49. The zero-order chi connectivity index (χ0) is 24.5. The lowest BCUT2D eigenvalue weighted by molar-refractivity contribution is -0.881. The number of pyridine rings is 1. The number of fused-ring (bicyclic) bond motifs is 1. The monoisotopic (exact) mass is 477 g/mol. The largest absolute Gasteiger partial charge is 0.633 e. The Morgan fingerprint density at radius 3 is 2.25 bits per heavy atom. The van der Waals surface area contributed by atoms with E-state index in [2.05, 4.69) is 17.4 Å². The summed E-state index contributed by atoms with van der Waals surface area (Å²) in [4.78, 5) is 19.2. The Morgan fingerprint density at radius 1 is 0.917 bits per heavy atom. The van der Waals surface area contributed by atoms with Crippen LogP contribution in [0.2, 0.25) is 0 Å². The molecule has 1 aliphatic carbocycles. The third-order valence-electron chi connectivity index (χ3n) is 7.63. The number of carbonyl (C=O) groups is 1. The highest BCUT2D eigenvalue weighted by molar-refractivity contribution is 6.09. The summed E-state index contributed by atoms with van der Waals surface area (Å²) in [7, 11) is 0. The maximum Gasteiger partial charge on any atom is 0.253 e. The first kappa shape index (κ1) is 22.9. The molecule has 3 aromatic carbocycles. The molecule has 5 heteroatoms. The van der Waals surface area contributed by atoms with Gasteiger partial charge < -0.3 is 15.2 Å². The number of aromatic nitrogens is 1. The van der Waals surface area contributed by atoms with Crippen molar-refractivity contribution in [3.63, 3.8) is 0 Å². The number of benzene rings is 3. The number of carbonyl (C=O) groups excluding carboxylic acids is 1. The summed E-state index contributed by atoms with van der Waals surface area (Å²) >= 11 is 0. The van der Waals surface area contributed by atoms with Crippen LogP contribution in [0.5, 0.6) is 0 Å². The number of hydrogen-bond donors (Lipinski definition) is 1. The van der Waals surface area contributed by atoms with Gasteiger partial charge in [-0.3, -0.25) is 4.79 Å². The minimum absolute atomic E-state index is 0.0409. The normalized spacial score (nSPS) is 17.7. The number of rotatable bonds is 7. The SMILES string of the molecule is O=C(NC(c1ccccc1)C1CC1)c1c(C[N+]2([O-])CCCC2)c(-c2ccccc2)nc2ccccc12. The molecule has 6 rings (SSSR count). The molecule has 0 bridgehead atoms. The Bertz CT molecular complexity index is 1380. The average Bonchev–Trinajstić information content (AvgIpc) is 3.67. The van der Waals surface area contributed by atoms with Gasteiger partial charge >= 0.3 is 0 Å². The van der Waals surface area contributed by atoms with Crippen LogP contribution in [0.1, 0.15) is 53.2 Å². The molecule has 1 amide bonds. The Kier molecular flexibility index (Phi) is 6.04. The van der Waals surface area contributed by atoms with Gasteiger partial charge in [0.25, 0.3) is 5.91 Å². The van der Waals surface area contributed by atoms with Crippen LogP contribution in [0.25, 0.3) is 22.2 Å². The van der Waals surface area contributed by atoms with Crippen LogP contribution in [0, 0.1) is 11.1 Å². The van der Waals surface area contributed by atoms with Crippen LogP contribution in [-0.4, -0.2) is 28.6 Å². The van der Waals surface area contributed by atoms with E-state index < -0.39 is 0 Å². The summed E-state index contributed by atoms with van der Waals surface area (Å²) in [5, 5.41) is 17.9. The van der Waals surface area contributed by atoms with E-state index >= 15 is 0 Å². The highest BCUT2D eigenvalue weighted by Gasteiger charge is 2.35. The predicted molar refractivity (Wildman–Crippen MR) is 143 cm³/mol. The van der Waals surface area contributed by atoms with Crippen LogP contribution in [-0.2, 0) is 6.54 Å². The maximum absolute atomic E-state index is 14.2. The molecular formula is C31H31N3O2. The standard InChI is InChI=1S/C31H31N3O2/c35-31(33-29(24-17-18-24)22-11-3-1-4-12-22)28-25-15-7-8-16-27(25)32-30(23-13-5-2-6-14-23)26(28)21-34(36)19-9-10-20-34/h1-8,11-16,24,29H,9-10,17-21H2,(H,33,35). The first-order valence-electron chi connectivity index (χ1n) is 13.0. The van der Waals surface area contributed by atoms with Crippen molar-refractivity contribution >= 4 is 16.8 Å². The van der Waals surface area contributed by atoms with Crippen molar-refractivity contribution in [3.8, 4) is 11.3 Å². The first-order chi connectivity index (χ1) is 17.6. The molecule has 2 aliphatic rings. The summed E-state index contributed by atoms with van der Waals surface area (Å²) in [6.45, 7) is 1.41. The molecule has 1 aliphatic heterocycles. The van der Waals surface area contributed by atoms with Crippen molar-refractivity contribution in [3.05, 3.63) is 107 Å². The van der Waals surface area contributed by atoms with E-state index in [0.717, 1.165) is 59.0 Å². The molecule has 1 unspecified atom stereocenters. The molecule has 0 radical (unpaired) electrons. The van der Waals surface area contributed by atoms with Crippen LogP contribution in [0.4, 0.5) is 0 Å². The lowest BCUT2D eigenvalue weighted by Gasteiger charge is -2.39. The van der Waals surface area contributed by atoms with Crippen molar-refractivity contribution in [1.82, 2.24) is 10.3 Å². The van der Waals surface area contributed by atoms with Crippen molar-refractivity contribution in [1.29, 1.82) is 0 Å². The Morgan fingerprint density at radius 2 is 1.56 bits per heavy atom. The number of nitrogens with zero attached hydrogens (tertiary/aromatic N) is 2. The lowest BCUT2D eigenvalue weighted by atomic mass is 9.94. The highest BCUT2D eigenvalue weighted by Crippen LogP contribution is 2.42. The molecule has 0 spiro atoms. The van der Waals surface area contributed by atoms with Crippen molar-refractivity contribution in [2.24, 2.45) is 5.92 Å². The molecule has 5 nitrogen and oxygen atoms in total. The van der Waals surface area contributed by atoms with Crippen LogP contribution in [0.15, 0.2) is 84.9 Å². The van der Waals surface area contributed by atoms with Gasteiger partial charge in [-0.05, 0) is 30.4 Å². The molecule has 182 valence electrons. The number of quaternary nitrogens is 1. The molecular weight excluding hydrogens is 446 g/mol. The maximum atomic E-state index is 14.2. The third kappa shape index (κ3) is 4.52. The van der Waals surface area contributed by atoms with Gasteiger partial charge in [0.05, 0.1) is 35.9 Å². The molecule has 2 heterocycles. The van der Waals surface area contributed by atoms with Gasteiger partial charge in [0.15, 0.2) is 0 Å². The summed E-state index contributed by atoms with van der Waals surface area (Å²) in [6, 6.07) is 28.0. The van der Waals surface area contributed by atoms with Gasteiger partial charge in [-0.15, -0.1) is 0 Å². The second-order valence-electron chi connectivity index (χ2n) is 10.3. The number of likely N-dealkylation sites (tertiary alicyclic amines) is 1. The average molecular weight is 478 g/mol. The lowest BCUT2D eigenvalue weighted by Crippen LogP contribution is -2.39. The van der Waals surface area contributed by atoms with Gasteiger partial charge in [-0.1, -0.05) is 78.9 Å². The fourth-order valence-corrected chi connectivity index (χ4v) is 5.63. The van der Waals surface area contributed by atoms with Crippen LogP contribution >= 0.6 is 0 Å². The molecule has 1 N–H and O–H groups in total. The minimum atomic E-state index is -0.301. The van der Waals surface area contributed by atoms with E-state index in [1.54, 1.807) is 0 Å². The van der Waals surface area contributed by atoms with Crippen molar-refractivity contribution < 1.29 is 9.44 Å². The number of hydroxylamine groups is 3. The van der Waals surface area contributed by atoms with Gasteiger partial charge in [0.1, 0.15) is 6.54 Å². The molecule has 2 fully saturated rings. The molecule has 1 atom stereocenters. The van der Waals surface area contributed by atoms with E-state index in [-0.39, 0.29) is 23.1 Å². The Balaban J connectivity index is 1.51. The smallest absolute Gasteiger partial charge is 0.253 e. The summed E-state index contributed by atoms with van der Waals surface area (Å²) in [5.74, 6) is 0.324. The zero-order valence-corrected chi connectivity index (χ0v) is 20.4. The molecule has 36 heavy (non-hydrogen) atoms. The highest BCUT2D eigenvalue weighted by atomic mass is 16.5. The topological polar surface area (TPSA) is 65.0 Å². The van der Waals surface area contributed by atoms with E-state index in [4.69, 9.17) is 4.98 Å². The van der Waals surface area contributed by atoms with E-state index in [9.17, 15) is 10.0 Å². The summed E-state index contributed by atoms with van der Waals surface area (Å²) < 4.78 is -0.301. The third-order valence-corrected chi connectivity index (χ3v) is 7.63. The minimum Gasteiger partial charge on any atom is -0.633 e. The van der Waals surface area contributed by atoms with Gasteiger partial charge in [-0.25, -0.2) is 4.98 Å². The quantitative estimate of drug-likeness (QED) is 0.248. The van der Waals surface area contributed by atoms with Gasteiger partial charge in [-0.2, -0.15) is 0 Å². The second-order valence-corrected chi connectivity index (χ2v) is 10.3. The van der Waals surface area contributed by atoms with Crippen LogP contribution < -0.4 is 5.32 Å². The van der Waals surface area contributed by atoms with Crippen LogP contribution in [0.3, 0.4) is 0 Å². The fraction of sp³-hybridized carbons (Fsp3) is 0.290. The zero-order valence-electron chi connectivity index (χ0n) is 20.4. The Hall–Kier alpha value is -3.54. The molecule has 1 aromatic heterocycles. The van der Waals surface area contributed by atoms with Gasteiger partial charge in [0, 0.05) is 29.4 Å². The summed E-state index contributed by atoms with van der Waals surface area (Å²) in [5.41, 5.74) is 4.93. The molecule has 1 saturated carbocycles. The fourth-order valence-electron chi connectivity index (χ4n) is 5.63. The van der Waals surface area contributed by atoms with E-state index in [1.807, 2.05) is 72.8 Å². The number of amides is 1. The van der Waals surface area contributed by atoms with Gasteiger partial charge in [0.2, 0.25) is 0 Å². The van der Waals surface area contributed by atoms with E-state index in [0.29, 0.717) is 24.6 Å². The van der Waals surface area contributed by atoms with E-state index in [1.165, 1.54) is 0 Å². The number of para-hydroxylation sites is 1. The molecule has 1 saturated heterocycles.